The van der Waals surface area contributed by atoms with Crippen LogP contribution in [0.15, 0.2) is 30.6 Å². The number of Topliss-reactive ketones (excluding diaryl/α,β-unsaturated/α-hetero) is 1. The summed E-state index contributed by atoms with van der Waals surface area (Å²) in [4.78, 5) is 15.9. The molecule has 0 aliphatic carbocycles. The summed E-state index contributed by atoms with van der Waals surface area (Å²) >= 11 is 0. The molecule has 0 unspecified atom stereocenters. The van der Waals surface area contributed by atoms with Gasteiger partial charge in [-0.15, -0.1) is 0 Å². The fourth-order valence-electron chi connectivity index (χ4n) is 1.97. The molecule has 0 amide bonds. The molecule has 0 saturated heterocycles. The second kappa shape index (κ2) is 5.06. The van der Waals surface area contributed by atoms with E-state index < -0.39 is 0 Å². The molecule has 2 rings (SSSR count). The zero-order valence-corrected chi connectivity index (χ0v) is 9.94. The quantitative estimate of drug-likeness (QED) is 0.817. The summed E-state index contributed by atoms with van der Waals surface area (Å²) in [7, 11) is 0. The molecule has 0 radical (unpaired) electrons. The summed E-state index contributed by atoms with van der Waals surface area (Å²) in [5, 5.41) is 2.19. The van der Waals surface area contributed by atoms with Gasteiger partial charge in [-0.25, -0.2) is 0 Å². The SMILES string of the molecule is CCc1cncc2cc(C(=O)CCN)ccc12. The van der Waals surface area contributed by atoms with Crippen molar-refractivity contribution in [2.24, 2.45) is 5.73 Å². The maximum absolute atomic E-state index is 11.7. The van der Waals surface area contributed by atoms with Crippen molar-refractivity contribution < 1.29 is 4.79 Å². The van der Waals surface area contributed by atoms with Crippen molar-refractivity contribution in [2.45, 2.75) is 19.8 Å². The Kier molecular flexibility index (Phi) is 3.49. The molecule has 2 N–H and O–H groups in total. The molecule has 0 aliphatic rings. The number of aromatic nitrogens is 1. The first-order valence-electron chi connectivity index (χ1n) is 5.86. The Morgan fingerprint density at radius 1 is 1.35 bits per heavy atom. The summed E-state index contributed by atoms with van der Waals surface area (Å²) in [5.41, 5.74) is 7.32. The zero-order chi connectivity index (χ0) is 12.3. The van der Waals surface area contributed by atoms with Gasteiger partial charge >= 0.3 is 0 Å². The second-order valence-electron chi connectivity index (χ2n) is 4.05. The lowest BCUT2D eigenvalue weighted by Crippen LogP contribution is -2.08. The standard InChI is InChI=1S/C14H16N2O/c1-2-10-8-16-9-12-7-11(3-4-13(10)12)14(17)5-6-15/h3-4,7-9H,2,5-6,15H2,1H3. The lowest BCUT2D eigenvalue weighted by atomic mass is 10.0. The van der Waals surface area contributed by atoms with Crippen LogP contribution in [0.4, 0.5) is 0 Å². The zero-order valence-electron chi connectivity index (χ0n) is 9.94. The van der Waals surface area contributed by atoms with E-state index in [1.165, 1.54) is 10.9 Å². The minimum Gasteiger partial charge on any atom is -0.330 e. The third-order valence-electron chi connectivity index (χ3n) is 2.92. The van der Waals surface area contributed by atoms with Crippen LogP contribution >= 0.6 is 0 Å². The molecule has 17 heavy (non-hydrogen) atoms. The number of hydrogen-bond donors (Lipinski definition) is 1. The highest BCUT2D eigenvalue weighted by molar-refractivity contribution is 6.00. The molecule has 2 aromatic rings. The van der Waals surface area contributed by atoms with Crippen LogP contribution in [0.5, 0.6) is 0 Å². The van der Waals surface area contributed by atoms with Gasteiger partial charge in [-0.05, 0) is 30.0 Å². The van der Waals surface area contributed by atoms with Crippen molar-refractivity contribution in [3.8, 4) is 0 Å². The maximum atomic E-state index is 11.7. The van der Waals surface area contributed by atoms with E-state index in [9.17, 15) is 4.79 Å². The first kappa shape index (κ1) is 11.7. The minimum atomic E-state index is 0.0938. The number of aryl methyl sites for hydroxylation is 1. The minimum absolute atomic E-state index is 0.0938. The number of hydrogen-bond acceptors (Lipinski definition) is 3. The predicted octanol–water partition coefficient (Wildman–Crippen LogP) is 2.33. The van der Waals surface area contributed by atoms with E-state index in [2.05, 4.69) is 11.9 Å². The van der Waals surface area contributed by atoms with E-state index in [0.29, 0.717) is 13.0 Å². The molecule has 1 heterocycles. The lowest BCUT2D eigenvalue weighted by molar-refractivity contribution is 0.0985. The van der Waals surface area contributed by atoms with Crippen molar-refractivity contribution in [1.29, 1.82) is 0 Å². The lowest BCUT2D eigenvalue weighted by Gasteiger charge is -2.05. The molecule has 0 saturated carbocycles. The van der Waals surface area contributed by atoms with Crippen molar-refractivity contribution in [3.63, 3.8) is 0 Å². The van der Waals surface area contributed by atoms with E-state index in [-0.39, 0.29) is 5.78 Å². The highest BCUT2D eigenvalue weighted by Gasteiger charge is 2.07. The van der Waals surface area contributed by atoms with Gasteiger partial charge in [0.15, 0.2) is 5.78 Å². The van der Waals surface area contributed by atoms with Crippen molar-refractivity contribution >= 4 is 16.6 Å². The van der Waals surface area contributed by atoms with E-state index in [1.54, 1.807) is 6.20 Å². The van der Waals surface area contributed by atoms with Gasteiger partial charge in [0.1, 0.15) is 0 Å². The Hall–Kier alpha value is -1.74. The number of fused-ring (bicyclic) bond motifs is 1. The van der Waals surface area contributed by atoms with Crippen LogP contribution in [-0.2, 0) is 6.42 Å². The number of pyridine rings is 1. The van der Waals surface area contributed by atoms with Gasteiger partial charge in [-0.1, -0.05) is 19.1 Å². The highest BCUT2D eigenvalue weighted by atomic mass is 16.1. The molecule has 3 nitrogen and oxygen atoms in total. The van der Waals surface area contributed by atoms with Gasteiger partial charge in [-0.2, -0.15) is 0 Å². The Labute approximate surface area is 101 Å². The van der Waals surface area contributed by atoms with Crippen molar-refractivity contribution in [1.82, 2.24) is 4.98 Å². The number of rotatable bonds is 4. The monoisotopic (exact) mass is 228 g/mol. The van der Waals surface area contributed by atoms with Crippen LogP contribution in [0.3, 0.4) is 0 Å². The number of benzene rings is 1. The Morgan fingerprint density at radius 2 is 2.18 bits per heavy atom. The van der Waals surface area contributed by atoms with Crippen molar-refractivity contribution in [3.05, 3.63) is 41.7 Å². The molecule has 0 spiro atoms. The first-order chi connectivity index (χ1) is 8.26. The normalized spacial score (nSPS) is 10.7. The van der Waals surface area contributed by atoms with Crippen LogP contribution in [0.25, 0.3) is 10.8 Å². The van der Waals surface area contributed by atoms with Gasteiger partial charge in [0, 0.05) is 29.8 Å². The largest absolute Gasteiger partial charge is 0.330 e. The number of ketones is 1. The summed E-state index contributed by atoms with van der Waals surface area (Å²) < 4.78 is 0. The van der Waals surface area contributed by atoms with Gasteiger partial charge in [0.25, 0.3) is 0 Å². The molecule has 0 aliphatic heterocycles. The van der Waals surface area contributed by atoms with E-state index in [0.717, 1.165) is 17.4 Å². The summed E-state index contributed by atoms with van der Waals surface area (Å²) in [6.07, 6.45) is 5.02. The van der Waals surface area contributed by atoms with Crippen LogP contribution in [0.1, 0.15) is 29.3 Å². The van der Waals surface area contributed by atoms with Crippen LogP contribution in [-0.4, -0.2) is 17.3 Å². The molecule has 0 bridgehead atoms. The van der Waals surface area contributed by atoms with Gasteiger partial charge < -0.3 is 5.73 Å². The number of carbonyl (C=O) groups excluding carboxylic acids is 1. The predicted molar refractivity (Wildman–Crippen MR) is 69.1 cm³/mol. The fraction of sp³-hybridized carbons (Fsp3) is 0.286. The van der Waals surface area contributed by atoms with Crippen molar-refractivity contribution in [2.75, 3.05) is 6.54 Å². The summed E-state index contributed by atoms with van der Waals surface area (Å²) in [5.74, 6) is 0.0938. The fourth-order valence-corrected chi connectivity index (χ4v) is 1.97. The average Bonchev–Trinajstić information content (AvgIpc) is 2.37. The molecule has 0 fully saturated rings. The van der Waals surface area contributed by atoms with E-state index in [1.807, 2.05) is 24.4 Å². The second-order valence-corrected chi connectivity index (χ2v) is 4.05. The Morgan fingerprint density at radius 3 is 2.88 bits per heavy atom. The van der Waals surface area contributed by atoms with Crippen LogP contribution in [0, 0.1) is 0 Å². The van der Waals surface area contributed by atoms with E-state index >= 15 is 0 Å². The van der Waals surface area contributed by atoms with Gasteiger partial charge in [0.2, 0.25) is 0 Å². The number of carbonyl (C=O) groups is 1. The van der Waals surface area contributed by atoms with Crippen LogP contribution in [0.2, 0.25) is 0 Å². The van der Waals surface area contributed by atoms with Gasteiger partial charge in [-0.3, -0.25) is 9.78 Å². The Bertz CT molecular complexity index is 549. The number of nitrogens with two attached hydrogens (primary N) is 1. The average molecular weight is 228 g/mol. The summed E-state index contributed by atoms with van der Waals surface area (Å²) in [6, 6.07) is 5.78. The Balaban J connectivity index is 2.48. The highest BCUT2D eigenvalue weighted by Crippen LogP contribution is 2.20. The number of nitrogens with zero attached hydrogens (tertiary/aromatic N) is 1. The van der Waals surface area contributed by atoms with Gasteiger partial charge in [0.05, 0.1) is 0 Å². The molecule has 3 heteroatoms. The van der Waals surface area contributed by atoms with Crippen LogP contribution < -0.4 is 5.73 Å². The molecular weight excluding hydrogens is 212 g/mol. The van der Waals surface area contributed by atoms with E-state index in [4.69, 9.17) is 5.73 Å². The molecular formula is C14H16N2O. The summed E-state index contributed by atoms with van der Waals surface area (Å²) in [6.45, 7) is 2.49. The molecule has 0 atom stereocenters. The third kappa shape index (κ3) is 2.34. The topological polar surface area (TPSA) is 56.0 Å². The molecule has 1 aromatic heterocycles. The molecule has 1 aromatic carbocycles. The third-order valence-corrected chi connectivity index (χ3v) is 2.92. The molecule has 88 valence electrons. The maximum Gasteiger partial charge on any atom is 0.164 e. The first-order valence-corrected chi connectivity index (χ1v) is 5.86. The smallest absolute Gasteiger partial charge is 0.164 e.